The number of guanidine groups is 1. The van der Waals surface area contributed by atoms with Gasteiger partial charge in [0.15, 0.2) is 17.5 Å². The summed E-state index contributed by atoms with van der Waals surface area (Å²) < 4.78 is 10.9. The number of aliphatic imine (C=N–C) groups is 1. The molecule has 0 saturated heterocycles. The molecule has 0 fully saturated rings. The van der Waals surface area contributed by atoms with Gasteiger partial charge in [0.05, 0.1) is 20.3 Å². The Morgan fingerprint density at radius 2 is 1.86 bits per heavy atom. The summed E-state index contributed by atoms with van der Waals surface area (Å²) in [6, 6.07) is 15.5. The number of anilines is 1. The summed E-state index contributed by atoms with van der Waals surface area (Å²) in [6.07, 6.45) is 0. The Kier molecular flexibility index (Phi) is 8.82. The molecule has 0 unspecified atom stereocenters. The Balaban J connectivity index is 1.95. The van der Waals surface area contributed by atoms with E-state index in [-0.39, 0.29) is 12.5 Å². The fourth-order valence-electron chi connectivity index (χ4n) is 2.79. The third-order valence-electron chi connectivity index (χ3n) is 4.31. The van der Waals surface area contributed by atoms with E-state index in [2.05, 4.69) is 15.6 Å². The molecule has 0 radical (unpaired) electrons. The molecule has 0 aliphatic rings. The summed E-state index contributed by atoms with van der Waals surface area (Å²) in [5.41, 5.74) is 1.88. The Morgan fingerprint density at radius 3 is 2.48 bits per heavy atom. The van der Waals surface area contributed by atoms with Crippen LogP contribution in [0.2, 0.25) is 0 Å². The lowest BCUT2D eigenvalue weighted by atomic mass is 10.2. The van der Waals surface area contributed by atoms with Gasteiger partial charge in [-0.3, -0.25) is 9.79 Å². The lowest BCUT2D eigenvalue weighted by Crippen LogP contribution is -2.41. The van der Waals surface area contributed by atoms with E-state index in [0.717, 1.165) is 11.3 Å². The van der Waals surface area contributed by atoms with Crippen LogP contribution in [0.15, 0.2) is 53.5 Å². The standard InChI is InChI=1S/C22H30N4O3/c1-5-26(16-17-10-8-7-9-11-17)21(27)15-24-22(23-3)25-18-12-13-19(29-6-2)20(14-18)28-4/h7-14H,5-6,15-16H2,1-4H3,(H2,23,24,25). The number of benzene rings is 2. The fourth-order valence-corrected chi connectivity index (χ4v) is 2.79. The summed E-state index contributed by atoms with van der Waals surface area (Å²) in [4.78, 5) is 18.6. The van der Waals surface area contributed by atoms with Crippen molar-refractivity contribution in [1.82, 2.24) is 10.2 Å². The monoisotopic (exact) mass is 398 g/mol. The number of rotatable bonds is 9. The maximum absolute atomic E-state index is 12.6. The lowest BCUT2D eigenvalue weighted by Gasteiger charge is -2.22. The van der Waals surface area contributed by atoms with Crippen LogP contribution in [0.1, 0.15) is 19.4 Å². The highest BCUT2D eigenvalue weighted by molar-refractivity contribution is 5.96. The molecule has 7 heteroatoms. The zero-order valence-corrected chi connectivity index (χ0v) is 17.6. The first kappa shape index (κ1) is 22.1. The van der Waals surface area contributed by atoms with Crippen molar-refractivity contribution in [1.29, 1.82) is 0 Å². The van der Waals surface area contributed by atoms with Crippen molar-refractivity contribution in [3.63, 3.8) is 0 Å². The van der Waals surface area contributed by atoms with Crippen LogP contribution in [-0.2, 0) is 11.3 Å². The van der Waals surface area contributed by atoms with Crippen LogP contribution in [0.5, 0.6) is 11.5 Å². The summed E-state index contributed by atoms with van der Waals surface area (Å²) in [5, 5.41) is 6.24. The molecule has 2 rings (SSSR count). The van der Waals surface area contributed by atoms with E-state index in [1.807, 2.05) is 62.4 Å². The minimum absolute atomic E-state index is 0.00331. The van der Waals surface area contributed by atoms with E-state index >= 15 is 0 Å². The average molecular weight is 399 g/mol. The lowest BCUT2D eigenvalue weighted by molar-refractivity contribution is -0.130. The summed E-state index contributed by atoms with van der Waals surface area (Å²) >= 11 is 0. The normalized spacial score (nSPS) is 11.0. The minimum atomic E-state index is 0.00331. The SMILES string of the molecule is CCOc1ccc(NC(=NC)NCC(=O)N(CC)Cc2ccccc2)cc1OC. The molecule has 2 aromatic rings. The van der Waals surface area contributed by atoms with Gasteiger partial charge in [-0.2, -0.15) is 0 Å². The third-order valence-corrected chi connectivity index (χ3v) is 4.31. The van der Waals surface area contributed by atoms with Crippen molar-refractivity contribution in [2.75, 3.05) is 39.2 Å². The van der Waals surface area contributed by atoms with Crippen molar-refractivity contribution in [3.05, 3.63) is 54.1 Å². The molecule has 0 atom stereocenters. The second-order valence-corrected chi connectivity index (χ2v) is 6.24. The van der Waals surface area contributed by atoms with Gasteiger partial charge in [-0.25, -0.2) is 0 Å². The largest absolute Gasteiger partial charge is 0.493 e. The summed E-state index contributed by atoms with van der Waals surface area (Å²) in [6.45, 7) is 5.82. The first-order valence-electron chi connectivity index (χ1n) is 9.71. The van der Waals surface area contributed by atoms with Gasteiger partial charge in [-0.05, 0) is 31.5 Å². The molecule has 0 spiro atoms. The Morgan fingerprint density at radius 1 is 1.10 bits per heavy atom. The number of amides is 1. The second-order valence-electron chi connectivity index (χ2n) is 6.24. The van der Waals surface area contributed by atoms with Gasteiger partial charge in [0.2, 0.25) is 5.91 Å². The molecule has 156 valence electrons. The van der Waals surface area contributed by atoms with Crippen molar-refractivity contribution < 1.29 is 14.3 Å². The van der Waals surface area contributed by atoms with Gasteiger partial charge in [0.25, 0.3) is 0 Å². The topological polar surface area (TPSA) is 75.2 Å². The molecule has 1 amide bonds. The number of hydrogen-bond acceptors (Lipinski definition) is 4. The molecule has 0 aliphatic heterocycles. The summed E-state index contributed by atoms with van der Waals surface area (Å²) in [5.74, 6) is 1.81. The number of ether oxygens (including phenoxy) is 2. The van der Waals surface area contributed by atoms with Crippen LogP contribution in [0.4, 0.5) is 5.69 Å². The van der Waals surface area contributed by atoms with E-state index in [1.165, 1.54) is 0 Å². The van der Waals surface area contributed by atoms with Crippen LogP contribution in [-0.4, -0.2) is 50.6 Å². The van der Waals surface area contributed by atoms with Crippen LogP contribution in [0, 0.1) is 0 Å². The van der Waals surface area contributed by atoms with E-state index in [1.54, 1.807) is 19.1 Å². The van der Waals surface area contributed by atoms with E-state index < -0.39 is 0 Å². The van der Waals surface area contributed by atoms with E-state index in [4.69, 9.17) is 9.47 Å². The quantitative estimate of drug-likeness (QED) is 0.501. The van der Waals surface area contributed by atoms with Gasteiger partial charge in [-0.15, -0.1) is 0 Å². The maximum Gasteiger partial charge on any atom is 0.242 e. The molecule has 0 bridgehead atoms. The average Bonchev–Trinajstić information content (AvgIpc) is 2.76. The van der Waals surface area contributed by atoms with Crippen LogP contribution >= 0.6 is 0 Å². The van der Waals surface area contributed by atoms with Crippen LogP contribution in [0.25, 0.3) is 0 Å². The van der Waals surface area contributed by atoms with Crippen molar-refractivity contribution in [2.24, 2.45) is 4.99 Å². The zero-order valence-electron chi connectivity index (χ0n) is 17.6. The highest BCUT2D eigenvalue weighted by atomic mass is 16.5. The van der Waals surface area contributed by atoms with Crippen molar-refractivity contribution in [2.45, 2.75) is 20.4 Å². The van der Waals surface area contributed by atoms with Crippen molar-refractivity contribution >= 4 is 17.6 Å². The molecule has 7 nitrogen and oxygen atoms in total. The van der Waals surface area contributed by atoms with E-state index in [0.29, 0.717) is 37.2 Å². The summed E-state index contributed by atoms with van der Waals surface area (Å²) in [7, 11) is 3.26. The molecular formula is C22H30N4O3. The third kappa shape index (κ3) is 6.71. The molecule has 0 aromatic heterocycles. The number of carbonyl (C=O) groups excluding carboxylic acids is 1. The number of likely N-dealkylation sites (N-methyl/N-ethyl adjacent to an activating group) is 1. The highest BCUT2D eigenvalue weighted by Gasteiger charge is 2.13. The number of hydrogen-bond donors (Lipinski definition) is 2. The number of carbonyl (C=O) groups is 1. The zero-order chi connectivity index (χ0) is 21.1. The van der Waals surface area contributed by atoms with Gasteiger partial charge in [0, 0.05) is 31.9 Å². The Labute approximate surface area is 172 Å². The predicted molar refractivity (Wildman–Crippen MR) is 117 cm³/mol. The number of methoxy groups -OCH3 is 1. The predicted octanol–water partition coefficient (Wildman–Crippen LogP) is 3.13. The van der Waals surface area contributed by atoms with E-state index in [9.17, 15) is 4.79 Å². The Bertz CT molecular complexity index is 809. The Hall–Kier alpha value is -3.22. The van der Waals surface area contributed by atoms with Gasteiger partial charge >= 0.3 is 0 Å². The first-order chi connectivity index (χ1) is 14.1. The molecule has 0 heterocycles. The fraction of sp³-hybridized carbons (Fsp3) is 0.364. The maximum atomic E-state index is 12.6. The molecule has 0 saturated carbocycles. The molecule has 2 N–H and O–H groups in total. The number of nitrogens with one attached hydrogen (secondary N) is 2. The van der Waals surface area contributed by atoms with Crippen LogP contribution in [0.3, 0.4) is 0 Å². The molecule has 0 aliphatic carbocycles. The number of nitrogens with zero attached hydrogens (tertiary/aromatic N) is 2. The smallest absolute Gasteiger partial charge is 0.242 e. The molecule has 2 aromatic carbocycles. The second kappa shape index (κ2) is 11.6. The molecular weight excluding hydrogens is 368 g/mol. The molecule has 29 heavy (non-hydrogen) atoms. The van der Waals surface area contributed by atoms with Gasteiger partial charge in [-0.1, -0.05) is 30.3 Å². The van der Waals surface area contributed by atoms with Crippen molar-refractivity contribution in [3.8, 4) is 11.5 Å². The van der Waals surface area contributed by atoms with Gasteiger partial charge < -0.3 is 25.0 Å². The van der Waals surface area contributed by atoms with Gasteiger partial charge in [0.1, 0.15) is 0 Å². The minimum Gasteiger partial charge on any atom is -0.493 e. The first-order valence-corrected chi connectivity index (χ1v) is 9.71. The highest BCUT2D eigenvalue weighted by Crippen LogP contribution is 2.30. The van der Waals surface area contributed by atoms with Crippen LogP contribution < -0.4 is 20.1 Å².